The molecule has 2 atom stereocenters. The molecule has 3 aliphatic rings. The second-order valence-corrected chi connectivity index (χ2v) is 6.80. The molecule has 2 fully saturated rings. The van der Waals surface area contributed by atoms with Gasteiger partial charge in [0.1, 0.15) is 0 Å². The maximum atomic E-state index is 12.6. The second-order valence-electron chi connectivity index (χ2n) is 6.80. The highest BCUT2D eigenvalue weighted by Crippen LogP contribution is 2.36. The first kappa shape index (κ1) is 13.9. The van der Waals surface area contributed by atoms with E-state index in [0.717, 1.165) is 42.0 Å². The van der Waals surface area contributed by atoms with Gasteiger partial charge in [-0.05, 0) is 42.4 Å². The minimum Gasteiger partial charge on any atom is -0.454 e. The number of likely N-dealkylation sites (tertiary alicyclic amines) is 1. The van der Waals surface area contributed by atoms with Crippen molar-refractivity contribution in [1.29, 1.82) is 0 Å². The molecule has 0 spiro atoms. The van der Waals surface area contributed by atoms with E-state index in [-0.39, 0.29) is 12.7 Å². The van der Waals surface area contributed by atoms with Crippen molar-refractivity contribution in [2.45, 2.75) is 38.5 Å². The highest BCUT2D eigenvalue weighted by atomic mass is 16.7. The van der Waals surface area contributed by atoms with Gasteiger partial charge in [0.05, 0.1) is 6.42 Å². The molecular formula is C18H23NO3. The molecule has 4 nitrogen and oxygen atoms in total. The maximum Gasteiger partial charge on any atom is 0.231 e. The van der Waals surface area contributed by atoms with Crippen molar-refractivity contribution in [3.05, 3.63) is 23.8 Å². The molecule has 0 bridgehead atoms. The molecule has 2 heterocycles. The molecule has 1 aliphatic carbocycles. The van der Waals surface area contributed by atoms with Crippen molar-refractivity contribution in [1.82, 2.24) is 4.90 Å². The lowest BCUT2D eigenvalue weighted by Crippen LogP contribution is -2.45. The van der Waals surface area contributed by atoms with E-state index in [9.17, 15) is 4.79 Å². The summed E-state index contributed by atoms with van der Waals surface area (Å²) in [4.78, 5) is 14.7. The van der Waals surface area contributed by atoms with E-state index < -0.39 is 0 Å². The first-order valence-corrected chi connectivity index (χ1v) is 8.46. The number of hydrogen-bond donors (Lipinski definition) is 0. The Bertz CT molecular complexity index is 571. The predicted octanol–water partition coefficient (Wildman–Crippen LogP) is 3.00. The summed E-state index contributed by atoms with van der Waals surface area (Å²) >= 11 is 0. The van der Waals surface area contributed by atoms with Crippen LogP contribution < -0.4 is 9.47 Å². The molecule has 1 amide bonds. The van der Waals surface area contributed by atoms with E-state index >= 15 is 0 Å². The van der Waals surface area contributed by atoms with Crippen molar-refractivity contribution >= 4 is 5.91 Å². The van der Waals surface area contributed by atoms with Crippen LogP contribution in [0.5, 0.6) is 11.5 Å². The van der Waals surface area contributed by atoms with E-state index in [2.05, 4.69) is 4.90 Å². The van der Waals surface area contributed by atoms with Crippen LogP contribution in [0.1, 0.15) is 37.7 Å². The second kappa shape index (κ2) is 5.82. The minimum absolute atomic E-state index is 0.253. The molecule has 22 heavy (non-hydrogen) atoms. The summed E-state index contributed by atoms with van der Waals surface area (Å²) in [6.45, 7) is 2.18. The summed E-state index contributed by atoms with van der Waals surface area (Å²) < 4.78 is 10.7. The number of fused-ring (bicyclic) bond motifs is 2. The van der Waals surface area contributed by atoms with Gasteiger partial charge in [-0.15, -0.1) is 0 Å². The summed E-state index contributed by atoms with van der Waals surface area (Å²) in [6.07, 6.45) is 7.05. The summed E-state index contributed by atoms with van der Waals surface area (Å²) in [5.74, 6) is 3.39. The van der Waals surface area contributed by atoms with Gasteiger partial charge in [0.15, 0.2) is 11.5 Å². The molecule has 0 unspecified atom stereocenters. The largest absolute Gasteiger partial charge is 0.454 e. The third-order valence-corrected chi connectivity index (χ3v) is 5.44. The van der Waals surface area contributed by atoms with E-state index in [1.54, 1.807) is 0 Å². The van der Waals surface area contributed by atoms with Crippen LogP contribution in [0.4, 0.5) is 0 Å². The monoisotopic (exact) mass is 301 g/mol. The fourth-order valence-electron chi connectivity index (χ4n) is 4.16. The predicted molar refractivity (Wildman–Crippen MR) is 82.9 cm³/mol. The lowest BCUT2D eigenvalue weighted by molar-refractivity contribution is -0.133. The molecule has 0 N–H and O–H groups in total. The molecule has 4 heteroatoms. The zero-order valence-electron chi connectivity index (χ0n) is 12.9. The molecule has 2 aliphatic heterocycles. The maximum absolute atomic E-state index is 12.6. The van der Waals surface area contributed by atoms with E-state index in [1.165, 1.54) is 32.1 Å². The Kier molecular flexibility index (Phi) is 3.68. The Morgan fingerprint density at radius 1 is 1.09 bits per heavy atom. The van der Waals surface area contributed by atoms with Crippen molar-refractivity contribution < 1.29 is 14.3 Å². The highest BCUT2D eigenvalue weighted by Gasteiger charge is 2.32. The SMILES string of the molecule is O=C(Cc1ccc2c(c1)OCO2)N1CC[C@H]2CCCC[C@H]2C1. The summed E-state index contributed by atoms with van der Waals surface area (Å²) in [5, 5.41) is 0. The van der Waals surface area contributed by atoms with Crippen molar-refractivity contribution in [2.75, 3.05) is 19.9 Å². The lowest BCUT2D eigenvalue weighted by Gasteiger charge is -2.41. The molecule has 1 saturated carbocycles. The Hall–Kier alpha value is -1.71. The molecule has 0 aromatic heterocycles. The highest BCUT2D eigenvalue weighted by molar-refractivity contribution is 5.79. The molecule has 1 aromatic rings. The van der Waals surface area contributed by atoms with Gasteiger partial charge in [-0.1, -0.05) is 25.3 Å². The van der Waals surface area contributed by atoms with Gasteiger partial charge in [0, 0.05) is 13.1 Å². The van der Waals surface area contributed by atoms with Crippen molar-refractivity contribution in [3.63, 3.8) is 0 Å². The van der Waals surface area contributed by atoms with Crippen LogP contribution in [0.15, 0.2) is 18.2 Å². The topological polar surface area (TPSA) is 38.8 Å². The number of rotatable bonds is 2. The molecule has 0 radical (unpaired) electrons. The number of benzene rings is 1. The normalized spacial score (nSPS) is 26.6. The zero-order chi connectivity index (χ0) is 14.9. The van der Waals surface area contributed by atoms with Gasteiger partial charge in [-0.3, -0.25) is 4.79 Å². The summed E-state index contributed by atoms with van der Waals surface area (Å²) in [6, 6.07) is 5.81. The first-order chi connectivity index (χ1) is 10.8. The Labute approximate surface area is 131 Å². The average Bonchev–Trinajstić information content (AvgIpc) is 3.02. The van der Waals surface area contributed by atoms with Crippen molar-refractivity contribution in [2.24, 2.45) is 11.8 Å². The first-order valence-electron chi connectivity index (χ1n) is 8.46. The van der Waals surface area contributed by atoms with Crippen LogP contribution in [0, 0.1) is 11.8 Å². The van der Waals surface area contributed by atoms with Crippen molar-refractivity contribution in [3.8, 4) is 11.5 Å². The number of amides is 1. The van der Waals surface area contributed by atoms with Gasteiger partial charge in [0.25, 0.3) is 0 Å². The Balaban J connectivity index is 1.39. The van der Waals surface area contributed by atoms with Crippen LogP contribution in [0.25, 0.3) is 0 Å². The molecular weight excluding hydrogens is 278 g/mol. The van der Waals surface area contributed by atoms with Gasteiger partial charge >= 0.3 is 0 Å². The number of piperidine rings is 1. The molecule has 4 rings (SSSR count). The molecule has 118 valence electrons. The average molecular weight is 301 g/mol. The van der Waals surface area contributed by atoms with Gasteiger partial charge in [-0.25, -0.2) is 0 Å². The number of hydrogen-bond acceptors (Lipinski definition) is 3. The zero-order valence-corrected chi connectivity index (χ0v) is 12.9. The fraction of sp³-hybridized carbons (Fsp3) is 0.611. The van der Waals surface area contributed by atoms with Crippen LogP contribution >= 0.6 is 0 Å². The Morgan fingerprint density at radius 3 is 2.82 bits per heavy atom. The standard InChI is InChI=1S/C18H23NO3/c20-18(10-13-5-6-16-17(9-13)22-12-21-16)19-8-7-14-3-1-2-4-15(14)11-19/h5-6,9,14-15H,1-4,7-8,10-12H2/t14-,15+/m1/s1. The van der Waals surface area contributed by atoms with E-state index in [4.69, 9.17) is 9.47 Å². The van der Waals surface area contributed by atoms with Crippen LogP contribution in [0.2, 0.25) is 0 Å². The summed E-state index contributed by atoms with van der Waals surface area (Å²) in [5.41, 5.74) is 1.01. The van der Waals surface area contributed by atoms with E-state index in [0.29, 0.717) is 6.42 Å². The van der Waals surface area contributed by atoms with Gasteiger partial charge in [-0.2, -0.15) is 0 Å². The third-order valence-electron chi connectivity index (χ3n) is 5.44. The quantitative estimate of drug-likeness (QED) is 0.843. The van der Waals surface area contributed by atoms with Crippen LogP contribution in [-0.4, -0.2) is 30.7 Å². The van der Waals surface area contributed by atoms with Gasteiger partial charge in [0.2, 0.25) is 12.7 Å². The molecule has 1 aromatic carbocycles. The smallest absolute Gasteiger partial charge is 0.231 e. The van der Waals surface area contributed by atoms with Gasteiger partial charge < -0.3 is 14.4 Å². The molecule has 1 saturated heterocycles. The number of ether oxygens (including phenoxy) is 2. The fourth-order valence-corrected chi connectivity index (χ4v) is 4.16. The number of carbonyl (C=O) groups is 1. The third kappa shape index (κ3) is 2.67. The number of carbonyl (C=O) groups excluding carboxylic acids is 1. The lowest BCUT2D eigenvalue weighted by atomic mass is 9.75. The Morgan fingerprint density at radius 2 is 1.91 bits per heavy atom. The minimum atomic E-state index is 0.253. The number of nitrogens with zero attached hydrogens (tertiary/aromatic N) is 1. The van der Waals surface area contributed by atoms with E-state index in [1.807, 2.05) is 18.2 Å². The van der Waals surface area contributed by atoms with Crippen LogP contribution in [-0.2, 0) is 11.2 Å². The summed E-state index contributed by atoms with van der Waals surface area (Å²) in [7, 11) is 0. The van der Waals surface area contributed by atoms with Crippen LogP contribution in [0.3, 0.4) is 0 Å².